The summed E-state index contributed by atoms with van der Waals surface area (Å²) in [4.78, 5) is 9.73. The second-order valence-electron chi connectivity index (χ2n) is 6.19. The molecule has 0 saturated carbocycles. The van der Waals surface area contributed by atoms with Crippen molar-refractivity contribution in [1.82, 2.24) is 15.2 Å². The fourth-order valence-corrected chi connectivity index (χ4v) is 4.16. The molecule has 1 aromatic carbocycles. The summed E-state index contributed by atoms with van der Waals surface area (Å²) >= 11 is 1.60. The van der Waals surface area contributed by atoms with Gasteiger partial charge < -0.3 is 4.90 Å². The molecule has 1 aliphatic rings. The topological polar surface area (TPSA) is 46.3 Å². The zero-order valence-electron chi connectivity index (χ0n) is 14.0. The van der Waals surface area contributed by atoms with Crippen molar-refractivity contribution >= 4 is 22.7 Å². The van der Waals surface area contributed by atoms with E-state index in [1.165, 1.54) is 12.3 Å². The maximum atomic E-state index is 13.2. The van der Waals surface area contributed by atoms with E-state index in [9.17, 15) is 4.39 Å². The molecule has 130 valence electrons. The van der Waals surface area contributed by atoms with Crippen molar-refractivity contribution < 1.29 is 4.39 Å². The Kier molecular flexibility index (Phi) is 4.59. The zero-order valence-corrected chi connectivity index (χ0v) is 14.8. The number of piperidine rings is 1. The summed E-state index contributed by atoms with van der Waals surface area (Å²) in [6, 6.07) is 8.73. The van der Waals surface area contributed by atoms with Gasteiger partial charge in [0.05, 0.1) is 6.57 Å². The van der Waals surface area contributed by atoms with Crippen molar-refractivity contribution in [2.24, 2.45) is 0 Å². The zero-order chi connectivity index (χ0) is 17.9. The number of hydrogen-bond donors (Lipinski definition) is 0. The molecule has 0 aliphatic carbocycles. The maximum Gasteiger partial charge on any atom is 0.212 e. The van der Waals surface area contributed by atoms with E-state index >= 15 is 0 Å². The molecular formula is C19H16FN5S. The summed E-state index contributed by atoms with van der Waals surface area (Å²) in [5.41, 5.74) is 5.03. The second-order valence-corrected chi connectivity index (χ2v) is 7.06. The third kappa shape index (κ3) is 3.16. The summed E-state index contributed by atoms with van der Waals surface area (Å²) in [6.45, 7) is 9.25. The minimum atomic E-state index is -0.505. The maximum absolute atomic E-state index is 13.2. The van der Waals surface area contributed by atoms with E-state index in [2.05, 4.69) is 24.9 Å². The van der Waals surface area contributed by atoms with E-state index in [1.54, 1.807) is 22.9 Å². The third-order valence-electron chi connectivity index (χ3n) is 4.71. The first-order chi connectivity index (χ1) is 12.8. The van der Waals surface area contributed by atoms with Crippen molar-refractivity contribution in [3.05, 3.63) is 64.4 Å². The van der Waals surface area contributed by atoms with E-state index in [-0.39, 0.29) is 0 Å². The highest BCUT2D eigenvalue weighted by atomic mass is 32.1. The lowest BCUT2D eigenvalue weighted by Gasteiger charge is -2.34. The van der Waals surface area contributed by atoms with Crippen LogP contribution >= 0.6 is 11.3 Å². The number of anilines is 1. The molecule has 0 radical (unpaired) electrons. The number of hydrogen-bond acceptors (Lipinski definition) is 5. The molecule has 0 N–H and O–H groups in total. The van der Waals surface area contributed by atoms with Gasteiger partial charge in [-0.3, -0.25) is 0 Å². The molecule has 5 nitrogen and oxygen atoms in total. The smallest absolute Gasteiger partial charge is 0.212 e. The van der Waals surface area contributed by atoms with Gasteiger partial charge in [-0.2, -0.15) is 4.39 Å². The lowest BCUT2D eigenvalue weighted by atomic mass is 9.95. The Balaban J connectivity index is 1.66. The summed E-state index contributed by atoms with van der Waals surface area (Å²) in [5.74, 6) is -0.0794. The molecule has 1 fully saturated rings. The Morgan fingerprint density at radius 3 is 2.69 bits per heavy atom. The van der Waals surface area contributed by atoms with Crippen molar-refractivity contribution in [2.75, 3.05) is 18.0 Å². The Morgan fingerprint density at radius 2 is 2.04 bits per heavy atom. The first-order valence-corrected chi connectivity index (χ1v) is 9.27. The largest absolute Gasteiger partial charge is 0.380 e. The first-order valence-electron chi connectivity index (χ1n) is 8.39. The first kappa shape index (κ1) is 16.6. The van der Waals surface area contributed by atoms with Crippen molar-refractivity contribution in [3.63, 3.8) is 0 Å². The summed E-state index contributed by atoms with van der Waals surface area (Å²) < 4.78 is 13.2. The second kappa shape index (κ2) is 7.18. The van der Waals surface area contributed by atoms with E-state index in [0.29, 0.717) is 11.6 Å². The molecule has 26 heavy (non-hydrogen) atoms. The van der Waals surface area contributed by atoms with Crippen LogP contribution in [-0.4, -0.2) is 28.3 Å². The fraction of sp³-hybridized carbons (Fsp3) is 0.263. The number of halogens is 1. The highest BCUT2D eigenvalue weighted by Crippen LogP contribution is 2.41. The van der Waals surface area contributed by atoms with Crippen LogP contribution in [0.2, 0.25) is 0 Å². The van der Waals surface area contributed by atoms with Gasteiger partial charge in [0.25, 0.3) is 0 Å². The van der Waals surface area contributed by atoms with Gasteiger partial charge in [-0.05, 0) is 30.5 Å². The Hall–Kier alpha value is -2.85. The van der Waals surface area contributed by atoms with Gasteiger partial charge in [0.2, 0.25) is 11.6 Å². The quantitative estimate of drug-likeness (QED) is 0.500. The van der Waals surface area contributed by atoms with Crippen LogP contribution in [0, 0.1) is 12.5 Å². The Morgan fingerprint density at radius 1 is 1.19 bits per heavy atom. The minimum Gasteiger partial charge on any atom is -0.380 e. The number of benzene rings is 1. The van der Waals surface area contributed by atoms with Crippen LogP contribution in [0.4, 0.5) is 15.8 Å². The standard InChI is InChI=1S/C19H16FN5S/c1-21-16-4-2-3-15(14-5-6-17(20)22-11-14)18(16)25-9-7-13(8-10-25)19-24-23-12-26-19/h2-6,11-13H,7-10H2. The van der Waals surface area contributed by atoms with E-state index in [4.69, 9.17) is 6.57 Å². The van der Waals surface area contributed by atoms with Crippen LogP contribution in [0.1, 0.15) is 23.8 Å². The predicted molar refractivity (Wildman–Crippen MR) is 100.0 cm³/mol. The average Bonchev–Trinajstić information content (AvgIpc) is 3.23. The highest BCUT2D eigenvalue weighted by Gasteiger charge is 2.26. The normalized spacial score (nSPS) is 15.0. The number of para-hydroxylation sites is 1. The summed E-state index contributed by atoms with van der Waals surface area (Å²) in [6.07, 6.45) is 3.47. The summed E-state index contributed by atoms with van der Waals surface area (Å²) in [5, 5.41) is 9.23. The number of rotatable bonds is 3. The van der Waals surface area contributed by atoms with E-state index in [0.717, 1.165) is 47.8 Å². The van der Waals surface area contributed by atoms with Gasteiger partial charge in [0.1, 0.15) is 10.5 Å². The van der Waals surface area contributed by atoms with Gasteiger partial charge in [-0.15, -0.1) is 21.5 Å². The van der Waals surface area contributed by atoms with Gasteiger partial charge in [0.15, 0.2) is 0 Å². The molecule has 0 atom stereocenters. The SMILES string of the molecule is [C-]#[N+]c1cccc(-c2ccc(F)nc2)c1N1CCC(c2nncs2)CC1. The summed E-state index contributed by atoms with van der Waals surface area (Å²) in [7, 11) is 0. The van der Waals surface area contributed by atoms with Crippen LogP contribution in [0.3, 0.4) is 0 Å². The number of pyridine rings is 1. The molecule has 0 amide bonds. The average molecular weight is 365 g/mol. The predicted octanol–water partition coefficient (Wildman–Crippen LogP) is 4.67. The third-order valence-corrected chi connectivity index (χ3v) is 5.57. The van der Waals surface area contributed by atoms with Crippen LogP contribution in [0.5, 0.6) is 0 Å². The van der Waals surface area contributed by atoms with Crippen LogP contribution < -0.4 is 4.90 Å². The van der Waals surface area contributed by atoms with Crippen molar-refractivity contribution in [3.8, 4) is 11.1 Å². The van der Waals surface area contributed by atoms with Crippen LogP contribution in [0.25, 0.3) is 16.0 Å². The number of nitrogens with zero attached hydrogens (tertiary/aromatic N) is 5. The van der Waals surface area contributed by atoms with Gasteiger partial charge in [-0.1, -0.05) is 18.2 Å². The Labute approximate surface area is 155 Å². The van der Waals surface area contributed by atoms with E-state index in [1.807, 2.05) is 18.2 Å². The lowest BCUT2D eigenvalue weighted by molar-refractivity contribution is 0.501. The van der Waals surface area contributed by atoms with Crippen LogP contribution in [0.15, 0.2) is 42.0 Å². The monoisotopic (exact) mass is 365 g/mol. The van der Waals surface area contributed by atoms with Crippen LogP contribution in [-0.2, 0) is 0 Å². The molecule has 4 rings (SSSR count). The molecule has 3 aromatic rings. The molecule has 1 aliphatic heterocycles. The van der Waals surface area contributed by atoms with Gasteiger partial charge in [0, 0.05) is 36.5 Å². The van der Waals surface area contributed by atoms with Crippen molar-refractivity contribution in [2.45, 2.75) is 18.8 Å². The molecule has 0 unspecified atom stereocenters. The van der Waals surface area contributed by atoms with Gasteiger partial charge >= 0.3 is 0 Å². The molecule has 7 heteroatoms. The molecule has 2 aromatic heterocycles. The molecule has 3 heterocycles. The molecule has 1 saturated heterocycles. The number of aromatic nitrogens is 3. The van der Waals surface area contributed by atoms with Gasteiger partial charge in [-0.25, -0.2) is 9.83 Å². The molecule has 0 spiro atoms. The molecule has 0 bridgehead atoms. The van der Waals surface area contributed by atoms with Crippen molar-refractivity contribution in [1.29, 1.82) is 0 Å². The highest BCUT2D eigenvalue weighted by molar-refractivity contribution is 7.09. The van der Waals surface area contributed by atoms with E-state index < -0.39 is 5.95 Å². The Bertz CT molecular complexity index is 926. The molecular weight excluding hydrogens is 349 g/mol. The minimum absolute atomic E-state index is 0.426. The lowest BCUT2D eigenvalue weighted by Crippen LogP contribution is -2.33. The fourth-order valence-electron chi connectivity index (χ4n) is 3.43.